The molecule has 8 nitrogen and oxygen atoms in total. The minimum Gasteiger partial charge on any atom is -0.367 e. The Morgan fingerprint density at radius 2 is 1.98 bits per heavy atom. The average molecular weight is 605 g/mol. The molecule has 0 radical (unpaired) electrons. The summed E-state index contributed by atoms with van der Waals surface area (Å²) in [7, 11) is 0. The first-order valence-electron chi connectivity index (χ1n) is 14.2. The number of fused-ring (bicyclic) bond motifs is 2. The van der Waals surface area contributed by atoms with Gasteiger partial charge >= 0.3 is 6.18 Å². The Bertz CT molecular complexity index is 1820. The van der Waals surface area contributed by atoms with Crippen molar-refractivity contribution in [2.75, 3.05) is 18.4 Å². The third kappa shape index (κ3) is 6.28. The molecule has 1 aliphatic heterocycles. The Labute approximate surface area is 250 Å². The van der Waals surface area contributed by atoms with Crippen LogP contribution in [0.3, 0.4) is 0 Å². The number of nitrogens with zero attached hydrogens (tertiary/aromatic N) is 6. The van der Waals surface area contributed by atoms with Gasteiger partial charge in [-0.15, -0.1) is 11.3 Å². The monoisotopic (exact) mass is 604 g/mol. The van der Waals surface area contributed by atoms with Gasteiger partial charge in [0.05, 0.1) is 24.5 Å². The van der Waals surface area contributed by atoms with Gasteiger partial charge in [0.25, 0.3) is 0 Å². The van der Waals surface area contributed by atoms with Crippen LogP contribution in [0.15, 0.2) is 42.7 Å². The van der Waals surface area contributed by atoms with Gasteiger partial charge in [0, 0.05) is 53.2 Å². The maximum Gasteiger partial charge on any atom is 0.393 e. The second-order valence-electron chi connectivity index (χ2n) is 11.0. The van der Waals surface area contributed by atoms with Crippen molar-refractivity contribution in [3.8, 4) is 6.07 Å². The van der Waals surface area contributed by atoms with E-state index in [0.29, 0.717) is 34.1 Å². The van der Waals surface area contributed by atoms with Gasteiger partial charge in [-0.3, -0.25) is 10.00 Å². The summed E-state index contributed by atoms with van der Waals surface area (Å²) >= 11 is 1.07. The molecule has 5 heterocycles. The van der Waals surface area contributed by atoms with E-state index in [1.54, 1.807) is 18.3 Å². The summed E-state index contributed by atoms with van der Waals surface area (Å²) in [6.07, 6.45) is 3.72. The molecule has 4 aromatic heterocycles. The lowest BCUT2D eigenvalue weighted by Gasteiger charge is -2.33. The fraction of sp³-hybridized carbons (Fsp3) is 0.355. The number of benzene rings is 1. The molecule has 1 saturated heterocycles. The van der Waals surface area contributed by atoms with Gasteiger partial charge in [-0.05, 0) is 62.1 Å². The summed E-state index contributed by atoms with van der Waals surface area (Å²) in [5, 5.41) is 21.9. The lowest BCUT2D eigenvalue weighted by Crippen LogP contribution is -2.39. The third-order valence-electron chi connectivity index (χ3n) is 7.95. The van der Waals surface area contributed by atoms with Gasteiger partial charge in [-0.25, -0.2) is 9.97 Å². The molecule has 0 unspecified atom stereocenters. The number of allylic oxidation sites excluding steroid dienone is 1. The molecule has 6 rings (SSSR count). The number of H-pyrrole nitrogens is 1. The zero-order valence-corrected chi connectivity index (χ0v) is 24.7. The Hall–Kier alpha value is -4.21. The molecule has 5 aromatic rings. The number of rotatable bonds is 8. The summed E-state index contributed by atoms with van der Waals surface area (Å²) in [6, 6.07) is 10.3. The van der Waals surface area contributed by atoms with Crippen LogP contribution in [0.1, 0.15) is 52.9 Å². The van der Waals surface area contributed by atoms with Crippen LogP contribution in [0, 0.1) is 18.3 Å². The normalized spacial score (nSPS) is 15.2. The molecule has 0 amide bonds. The SMILES string of the molecule is C/C=C/c1nc(NC2CCN(Cc3ccc4c(cc(C#N)n4Cc4cn[nH]c4)c3C)CC2)c2cc(CC(F)(F)F)sc2n1. The van der Waals surface area contributed by atoms with Crippen LogP contribution < -0.4 is 5.32 Å². The van der Waals surface area contributed by atoms with E-state index >= 15 is 0 Å². The van der Waals surface area contributed by atoms with Crippen LogP contribution in [0.2, 0.25) is 0 Å². The highest BCUT2D eigenvalue weighted by molar-refractivity contribution is 7.18. The van der Waals surface area contributed by atoms with Gasteiger partial charge in [0.1, 0.15) is 22.4 Å². The minimum absolute atomic E-state index is 0.150. The third-order valence-corrected chi connectivity index (χ3v) is 8.98. The lowest BCUT2D eigenvalue weighted by molar-refractivity contribution is -0.126. The van der Waals surface area contributed by atoms with E-state index in [9.17, 15) is 18.4 Å². The Morgan fingerprint density at radius 1 is 1.16 bits per heavy atom. The number of piperidine rings is 1. The number of nitrogens with one attached hydrogen (secondary N) is 2. The maximum atomic E-state index is 13.1. The summed E-state index contributed by atoms with van der Waals surface area (Å²) in [5.41, 5.74) is 5.06. The fourth-order valence-corrected chi connectivity index (χ4v) is 6.84. The van der Waals surface area contributed by atoms with Crippen molar-refractivity contribution < 1.29 is 13.2 Å². The molecular weight excluding hydrogens is 573 g/mol. The molecule has 0 saturated carbocycles. The predicted molar refractivity (Wildman–Crippen MR) is 163 cm³/mol. The van der Waals surface area contributed by atoms with Crippen LogP contribution >= 0.6 is 11.3 Å². The van der Waals surface area contributed by atoms with Crippen molar-refractivity contribution in [2.45, 2.75) is 58.4 Å². The first-order chi connectivity index (χ1) is 20.7. The molecule has 0 spiro atoms. The number of thiophene rings is 1. The number of alkyl halides is 3. The summed E-state index contributed by atoms with van der Waals surface area (Å²) in [4.78, 5) is 12.3. The largest absolute Gasteiger partial charge is 0.393 e. The second-order valence-corrected chi connectivity index (χ2v) is 12.1. The van der Waals surface area contributed by atoms with Crippen LogP contribution in [-0.2, 0) is 19.5 Å². The topological polar surface area (TPSA) is 98.5 Å². The maximum absolute atomic E-state index is 13.1. The number of hydrogen-bond acceptors (Lipinski definition) is 7. The highest BCUT2D eigenvalue weighted by atomic mass is 32.1. The number of hydrogen-bond donors (Lipinski definition) is 2. The minimum atomic E-state index is -4.27. The van der Waals surface area contributed by atoms with Gasteiger partial charge in [-0.2, -0.15) is 23.5 Å². The van der Waals surface area contributed by atoms with E-state index in [2.05, 4.69) is 55.5 Å². The number of halogens is 3. The van der Waals surface area contributed by atoms with Gasteiger partial charge in [-0.1, -0.05) is 12.1 Å². The number of nitriles is 1. The molecule has 0 aliphatic carbocycles. The van der Waals surface area contributed by atoms with Crippen molar-refractivity contribution in [2.24, 2.45) is 0 Å². The van der Waals surface area contributed by atoms with Crippen LogP contribution in [0.5, 0.6) is 0 Å². The van der Waals surface area contributed by atoms with Crippen molar-refractivity contribution in [1.82, 2.24) is 29.6 Å². The van der Waals surface area contributed by atoms with Crippen LogP contribution in [0.4, 0.5) is 19.0 Å². The molecule has 43 heavy (non-hydrogen) atoms. The van der Waals surface area contributed by atoms with Gasteiger partial charge in [0.15, 0.2) is 5.82 Å². The molecule has 1 fully saturated rings. The highest BCUT2D eigenvalue weighted by Gasteiger charge is 2.29. The summed E-state index contributed by atoms with van der Waals surface area (Å²) in [5.74, 6) is 1.08. The Morgan fingerprint density at radius 3 is 2.67 bits per heavy atom. The number of aromatic nitrogens is 5. The van der Waals surface area contributed by atoms with E-state index < -0.39 is 12.6 Å². The second kappa shape index (κ2) is 11.8. The fourth-order valence-electron chi connectivity index (χ4n) is 5.78. The average Bonchev–Trinajstić information content (AvgIpc) is 3.70. The van der Waals surface area contributed by atoms with Crippen molar-refractivity contribution >= 4 is 44.4 Å². The zero-order valence-electron chi connectivity index (χ0n) is 23.9. The molecular formula is C31H31F3N8S. The lowest BCUT2D eigenvalue weighted by atomic mass is 10.0. The number of aromatic amines is 1. The smallest absolute Gasteiger partial charge is 0.367 e. The Kier molecular flexibility index (Phi) is 7.94. The van der Waals surface area contributed by atoms with E-state index in [0.717, 1.165) is 60.3 Å². The molecule has 222 valence electrons. The predicted octanol–water partition coefficient (Wildman–Crippen LogP) is 6.81. The molecule has 0 atom stereocenters. The molecule has 2 N–H and O–H groups in total. The molecule has 12 heteroatoms. The summed E-state index contributed by atoms with van der Waals surface area (Å²) in [6.45, 7) is 7.10. The standard InChI is InChI=1S/C31H31F3N8S/c1-3-4-28-39-29(26-12-24(13-31(32,33)34)43-30(26)40-28)38-22-7-9-41(10-8-22)18-21-5-6-27-25(19(21)2)11-23(14-35)42(27)17-20-15-36-37-16-20/h3-6,11-12,15-16,22H,7-10,13,17-18H2,1-2H3,(H,36,37)(H,38,39,40)/b4-3+. The van der Waals surface area contributed by atoms with E-state index in [-0.39, 0.29) is 10.9 Å². The van der Waals surface area contributed by atoms with Gasteiger partial charge in [0.2, 0.25) is 0 Å². The van der Waals surface area contributed by atoms with Gasteiger partial charge < -0.3 is 9.88 Å². The molecule has 0 bridgehead atoms. The van der Waals surface area contributed by atoms with Crippen molar-refractivity contribution in [1.29, 1.82) is 5.26 Å². The molecule has 1 aromatic carbocycles. The zero-order chi connectivity index (χ0) is 30.1. The van der Waals surface area contributed by atoms with Crippen molar-refractivity contribution in [3.05, 3.63) is 75.8 Å². The van der Waals surface area contributed by atoms with Crippen LogP contribution in [-0.4, -0.2) is 54.9 Å². The number of aryl methyl sites for hydroxylation is 1. The van der Waals surface area contributed by atoms with Crippen LogP contribution in [0.25, 0.3) is 27.2 Å². The molecule has 1 aliphatic rings. The summed E-state index contributed by atoms with van der Waals surface area (Å²) < 4.78 is 41.2. The number of anilines is 1. The first kappa shape index (κ1) is 28.9. The van der Waals surface area contributed by atoms with Crippen molar-refractivity contribution in [3.63, 3.8) is 0 Å². The first-order valence-corrected chi connectivity index (χ1v) is 15.0. The van der Waals surface area contributed by atoms with E-state index in [4.69, 9.17) is 0 Å². The quantitative estimate of drug-likeness (QED) is 0.202. The van der Waals surface area contributed by atoms with E-state index in [1.807, 2.05) is 29.8 Å². The van der Waals surface area contributed by atoms with E-state index in [1.165, 1.54) is 11.1 Å². The highest BCUT2D eigenvalue weighted by Crippen LogP contribution is 2.34. The Balaban J connectivity index is 1.15. The number of likely N-dealkylation sites (tertiary alicyclic amines) is 1.